The molecule has 0 N–H and O–H groups in total. The van der Waals surface area contributed by atoms with Crippen LogP contribution in [0.15, 0.2) is 114 Å². The number of ketones is 1. The number of hydrogen-bond donors (Lipinski definition) is 0. The van der Waals surface area contributed by atoms with Crippen molar-refractivity contribution >= 4 is 32.7 Å². The van der Waals surface area contributed by atoms with Gasteiger partial charge in [-0.3, -0.25) is 4.79 Å². The molecule has 6 aromatic rings. The molecule has 0 unspecified atom stereocenters. The summed E-state index contributed by atoms with van der Waals surface area (Å²) in [5, 5.41) is 5.96. The molecule has 1 aliphatic carbocycles. The van der Waals surface area contributed by atoms with Crippen molar-refractivity contribution in [3.8, 4) is 39.3 Å². The first-order valence-electron chi connectivity index (χ1n) is 11.7. The summed E-state index contributed by atoms with van der Waals surface area (Å²) in [5.41, 5.74) is 8.11. The number of hydrogen-bond acceptors (Lipinski definition) is 3. The SMILES string of the molecule is O=C1c2ccccc2-c2nc3c(c(-c4ccccc4)nn3-c3ccccc3)c(-c3ccc(Br)cc3)c21. The van der Waals surface area contributed by atoms with Gasteiger partial charge in [0.25, 0.3) is 0 Å². The lowest BCUT2D eigenvalue weighted by Crippen LogP contribution is -2.02. The average Bonchev–Trinajstić information content (AvgIpc) is 3.45. The van der Waals surface area contributed by atoms with Gasteiger partial charge in [0.1, 0.15) is 5.69 Å². The van der Waals surface area contributed by atoms with Crippen LogP contribution in [0.4, 0.5) is 0 Å². The highest BCUT2D eigenvalue weighted by molar-refractivity contribution is 9.10. The van der Waals surface area contributed by atoms with E-state index in [0.717, 1.165) is 49.1 Å². The Kier molecular flexibility index (Phi) is 4.72. The highest BCUT2D eigenvalue weighted by Crippen LogP contribution is 2.46. The molecule has 0 amide bonds. The van der Waals surface area contributed by atoms with Gasteiger partial charge in [-0.25, -0.2) is 9.67 Å². The maximum atomic E-state index is 13.8. The molecule has 2 aromatic heterocycles. The minimum atomic E-state index is -0.000563. The van der Waals surface area contributed by atoms with Gasteiger partial charge in [0.2, 0.25) is 0 Å². The van der Waals surface area contributed by atoms with E-state index < -0.39 is 0 Å². The van der Waals surface area contributed by atoms with Gasteiger partial charge in [-0.15, -0.1) is 0 Å². The molecular formula is C31H18BrN3O. The number of fused-ring (bicyclic) bond motifs is 4. The Bertz CT molecular complexity index is 1790. The number of carbonyl (C=O) groups excluding carboxylic acids is 1. The topological polar surface area (TPSA) is 47.8 Å². The summed E-state index contributed by atoms with van der Waals surface area (Å²) >= 11 is 3.56. The third-order valence-electron chi connectivity index (χ3n) is 6.65. The van der Waals surface area contributed by atoms with Crippen molar-refractivity contribution in [2.45, 2.75) is 0 Å². The van der Waals surface area contributed by atoms with Gasteiger partial charge in [0, 0.05) is 26.7 Å². The largest absolute Gasteiger partial charge is 0.288 e. The fourth-order valence-corrected chi connectivity index (χ4v) is 5.30. The molecule has 4 aromatic carbocycles. The molecule has 1 aliphatic rings. The third-order valence-corrected chi connectivity index (χ3v) is 7.18. The Balaban J connectivity index is 1.69. The molecular weight excluding hydrogens is 510 g/mol. The van der Waals surface area contributed by atoms with Gasteiger partial charge in [-0.05, 0) is 29.8 Å². The number of carbonyl (C=O) groups is 1. The van der Waals surface area contributed by atoms with Gasteiger partial charge in [-0.2, -0.15) is 5.10 Å². The second kappa shape index (κ2) is 8.11. The Morgan fingerprint density at radius 3 is 1.97 bits per heavy atom. The van der Waals surface area contributed by atoms with E-state index in [1.165, 1.54) is 0 Å². The first-order valence-corrected chi connectivity index (χ1v) is 12.5. The van der Waals surface area contributed by atoms with Crippen LogP contribution >= 0.6 is 15.9 Å². The van der Waals surface area contributed by atoms with Crippen molar-refractivity contribution in [2.24, 2.45) is 0 Å². The van der Waals surface area contributed by atoms with Crippen LogP contribution in [0.25, 0.3) is 50.4 Å². The number of rotatable bonds is 3. The first kappa shape index (κ1) is 21.0. The number of aromatic nitrogens is 3. The quantitative estimate of drug-likeness (QED) is 0.236. The standard InChI is InChI=1S/C31H18BrN3O/c32-21-17-15-19(16-18-21)25-26-29(23-13-7-8-14-24(23)30(26)36)33-31-27(25)28(20-9-3-1-4-10-20)34-35(31)22-11-5-2-6-12-22/h1-18H. The van der Waals surface area contributed by atoms with E-state index in [-0.39, 0.29) is 5.78 Å². The lowest BCUT2D eigenvalue weighted by molar-refractivity contribution is 0.104. The highest BCUT2D eigenvalue weighted by atomic mass is 79.9. The smallest absolute Gasteiger partial charge is 0.196 e. The molecule has 36 heavy (non-hydrogen) atoms. The zero-order valence-corrected chi connectivity index (χ0v) is 20.6. The molecule has 2 heterocycles. The molecule has 170 valence electrons. The molecule has 0 bridgehead atoms. The predicted molar refractivity (Wildman–Crippen MR) is 146 cm³/mol. The molecule has 0 aliphatic heterocycles. The highest BCUT2D eigenvalue weighted by Gasteiger charge is 2.34. The fourth-order valence-electron chi connectivity index (χ4n) is 5.04. The van der Waals surface area contributed by atoms with Gasteiger partial charge >= 0.3 is 0 Å². The maximum Gasteiger partial charge on any atom is 0.196 e. The third kappa shape index (κ3) is 3.10. The van der Waals surface area contributed by atoms with Crippen LogP contribution in [0.2, 0.25) is 0 Å². The van der Waals surface area contributed by atoms with Gasteiger partial charge < -0.3 is 0 Å². The summed E-state index contributed by atoms with van der Waals surface area (Å²) < 4.78 is 2.87. The van der Waals surface area contributed by atoms with Crippen LogP contribution in [0.3, 0.4) is 0 Å². The van der Waals surface area contributed by atoms with Crippen LogP contribution in [0.1, 0.15) is 15.9 Å². The lowest BCUT2D eigenvalue weighted by atomic mass is 9.93. The Labute approximate surface area is 216 Å². The average molecular weight is 528 g/mol. The number of para-hydroxylation sites is 1. The van der Waals surface area contributed by atoms with Crippen molar-refractivity contribution in [1.29, 1.82) is 0 Å². The van der Waals surface area contributed by atoms with Crippen LogP contribution in [0, 0.1) is 0 Å². The molecule has 0 radical (unpaired) electrons. The number of benzene rings is 4. The minimum Gasteiger partial charge on any atom is -0.288 e. The van der Waals surface area contributed by atoms with Crippen molar-refractivity contribution < 1.29 is 4.79 Å². The zero-order valence-electron chi connectivity index (χ0n) is 19.0. The van der Waals surface area contributed by atoms with Crippen LogP contribution in [-0.4, -0.2) is 20.5 Å². The monoisotopic (exact) mass is 527 g/mol. The molecule has 0 saturated heterocycles. The van der Waals surface area contributed by atoms with E-state index >= 15 is 0 Å². The van der Waals surface area contributed by atoms with Crippen molar-refractivity contribution in [3.63, 3.8) is 0 Å². The summed E-state index contributed by atoms with van der Waals surface area (Å²) in [6.07, 6.45) is 0. The molecule has 4 nitrogen and oxygen atoms in total. The van der Waals surface area contributed by atoms with Crippen LogP contribution < -0.4 is 0 Å². The molecule has 0 fully saturated rings. The summed E-state index contributed by atoms with van der Waals surface area (Å²) in [4.78, 5) is 19.0. The van der Waals surface area contributed by atoms with E-state index in [4.69, 9.17) is 10.1 Å². The van der Waals surface area contributed by atoms with Gasteiger partial charge in [0.15, 0.2) is 11.4 Å². The fraction of sp³-hybridized carbons (Fsp3) is 0. The Morgan fingerprint density at radius 1 is 0.611 bits per heavy atom. The minimum absolute atomic E-state index is 0.000563. The second-order valence-corrected chi connectivity index (χ2v) is 9.67. The summed E-state index contributed by atoms with van der Waals surface area (Å²) in [6.45, 7) is 0. The summed E-state index contributed by atoms with van der Waals surface area (Å²) in [5.74, 6) is -0.000563. The first-order chi connectivity index (χ1) is 17.7. The number of nitrogens with zero attached hydrogens (tertiary/aromatic N) is 3. The van der Waals surface area contributed by atoms with Gasteiger partial charge in [-0.1, -0.05) is 101 Å². The van der Waals surface area contributed by atoms with Crippen LogP contribution in [-0.2, 0) is 0 Å². The zero-order chi connectivity index (χ0) is 24.2. The van der Waals surface area contributed by atoms with E-state index in [1.54, 1.807) is 0 Å². The normalized spacial score (nSPS) is 12.1. The predicted octanol–water partition coefficient (Wildman–Crippen LogP) is 7.73. The molecule has 5 heteroatoms. The van der Waals surface area contributed by atoms with E-state index in [1.807, 2.05) is 114 Å². The number of halogens is 1. The van der Waals surface area contributed by atoms with E-state index in [0.29, 0.717) is 16.8 Å². The summed E-state index contributed by atoms with van der Waals surface area (Å²) in [7, 11) is 0. The Morgan fingerprint density at radius 2 is 1.25 bits per heavy atom. The van der Waals surface area contributed by atoms with E-state index in [2.05, 4.69) is 15.9 Å². The molecule has 7 rings (SSSR count). The van der Waals surface area contributed by atoms with Crippen molar-refractivity contribution in [2.75, 3.05) is 0 Å². The molecule has 0 atom stereocenters. The lowest BCUT2D eigenvalue weighted by Gasteiger charge is -2.12. The van der Waals surface area contributed by atoms with Crippen LogP contribution in [0.5, 0.6) is 0 Å². The molecule has 0 spiro atoms. The summed E-state index contributed by atoms with van der Waals surface area (Å²) in [6, 6.07) is 35.9. The van der Waals surface area contributed by atoms with Crippen molar-refractivity contribution in [1.82, 2.24) is 14.8 Å². The number of pyridine rings is 1. The maximum absolute atomic E-state index is 13.8. The van der Waals surface area contributed by atoms with Crippen molar-refractivity contribution in [3.05, 3.63) is 125 Å². The van der Waals surface area contributed by atoms with E-state index in [9.17, 15) is 4.79 Å². The van der Waals surface area contributed by atoms with Gasteiger partial charge in [0.05, 0.1) is 22.3 Å². The molecule has 0 saturated carbocycles. The Hall–Kier alpha value is -4.35. The second-order valence-electron chi connectivity index (χ2n) is 8.75.